The maximum Gasteiger partial charge on any atom is 0.260 e. The third-order valence-corrected chi connectivity index (χ3v) is 6.87. The van der Waals surface area contributed by atoms with Gasteiger partial charge in [0.15, 0.2) is 6.61 Å². The minimum Gasteiger partial charge on any atom is -0.385 e. The van der Waals surface area contributed by atoms with Gasteiger partial charge in [0.25, 0.3) is 5.91 Å². The molecule has 0 bridgehead atoms. The van der Waals surface area contributed by atoms with Crippen LogP contribution >= 0.6 is 0 Å². The minimum atomic E-state index is -3.60. The molecule has 2 aromatic rings. The summed E-state index contributed by atoms with van der Waals surface area (Å²) in [5, 5.41) is 10.6. The number of piperidine rings is 1. The van der Waals surface area contributed by atoms with E-state index in [9.17, 15) is 13.2 Å². The van der Waals surface area contributed by atoms with Crippen LogP contribution in [0.5, 0.6) is 0 Å². The summed E-state index contributed by atoms with van der Waals surface area (Å²) in [6.45, 7) is 7.62. The third-order valence-electron chi connectivity index (χ3n) is 5.01. The summed E-state index contributed by atoms with van der Waals surface area (Å²) in [4.78, 5) is 18.6. The third kappa shape index (κ3) is 5.24. The van der Waals surface area contributed by atoms with Crippen molar-refractivity contribution < 1.29 is 18.0 Å². The number of rotatable bonds is 8. The van der Waals surface area contributed by atoms with E-state index in [1.54, 1.807) is 6.07 Å². The number of aromatic nitrogens is 3. The lowest BCUT2D eigenvalue weighted by molar-refractivity contribution is -0.126. The van der Waals surface area contributed by atoms with E-state index >= 15 is 0 Å². The Bertz CT molecular complexity index is 957. The molecule has 1 amide bonds. The fourth-order valence-corrected chi connectivity index (χ4v) is 4.94. The molecule has 1 atom stereocenters. The quantitative estimate of drug-likeness (QED) is 0.689. The van der Waals surface area contributed by atoms with Gasteiger partial charge in [0.05, 0.1) is 4.90 Å². The number of carbonyl (C=O) groups excluding carboxylic acids is 1. The molecule has 0 saturated carbocycles. The average molecular weight is 424 g/mol. The zero-order valence-corrected chi connectivity index (χ0v) is 18.0. The zero-order chi connectivity index (χ0) is 21.0. The van der Waals surface area contributed by atoms with Gasteiger partial charge in [-0.3, -0.25) is 4.79 Å². The lowest BCUT2D eigenvalue weighted by Gasteiger charge is -2.30. The summed E-state index contributed by atoms with van der Waals surface area (Å²) in [6, 6.07) is 4.64. The molecular weight excluding hydrogens is 394 g/mol. The summed E-state index contributed by atoms with van der Waals surface area (Å²) in [5.41, 5.74) is 0.905. The lowest BCUT2D eigenvalue weighted by Crippen LogP contribution is -2.39. The Morgan fingerprint density at radius 3 is 2.90 bits per heavy atom. The topological polar surface area (TPSA) is 106 Å². The van der Waals surface area contributed by atoms with Crippen molar-refractivity contribution in [2.45, 2.75) is 44.9 Å². The Kier molecular flexibility index (Phi) is 6.74. The van der Waals surface area contributed by atoms with Gasteiger partial charge < -0.3 is 10.2 Å². The maximum atomic E-state index is 13.0. The van der Waals surface area contributed by atoms with E-state index in [0.717, 1.165) is 24.1 Å². The molecule has 10 heteroatoms. The highest BCUT2D eigenvalue weighted by molar-refractivity contribution is 7.89. The fourth-order valence-electron chi connectivity index (χ4n) is 3.32. The van der Waals surface area contributed by atoms with Gasteiger partial charge in [0.1, 0.15) is 11.0 Å². The molecule has 1 aromatic carbocycles. The van der Waals surface area contributed by atoms with Crippen LogP contribution in [0, 0.1) is 11.8 Å². The highest BCUT2D eigenvalue weighted by atomic mass is 32.2. The number of fused-ring (bicyclic) bond motifs is 1. The van der Waals surface area contributed by atoms with Crippen LogP contribution in [0.3, 0.4) is 0 Å². The predicted molar refractivity (Wildman–Crippen MR) is 109 cm³/mol. The molecule has 9 nitrogen and oxygen atoms in total. The molecular formula is C19H29N5O4S. The Morgan fingerprint density at radius 1 is 1.38 bits per heavy atom. The van der Waals surface area contributed by atoms with E-state index in [0.29, 0.717) is 42.5 Å². The fraction of sp³-hybridized carbons (Fsp3) is 0.632. The smallest absolute Gasteiger partial charge is 0.260 e. The number of hydrogen-bond acceptors (Lipinski definition) is 6. The maximum absolute atomic E-state index is 13.0. The molecule has 0 aliphatic carbocycles. The number of hydrogen-bond donors (Lipinski definition) is 1. The van der Waals surface area contributed by atoms with Crippen molar-refractivity contribution in [3.8, 4) is 0 Å². The summed E-state index contributed by atoms with van der Waals surface area (Å²) < 4.78 is 27.6. The van der Waals surface area contributed by atoms with Gasteiger partial charge in [-0.1, -0.05) is 25.6 Å². The minimum absolute atomic E-state index is 0.174. The summed E-state index contributed by atoms with van der Waals surface area (Å²) in [5.74, 6) is 0.575. The van der Waals surface area contributed by atoms with Gasteiger partial charge in [-0.05, 0) is 54.5 Å². The first-order chi connectivity index (χ1) is 13.8. The molecule has 160 valence electrons. The van der Waals surface area contributed by atoms with E-state index in [1.165, 1.54) is 16.4 Å². The Labute approximate surface area is 171 Å². The van der Waals surface area contributed by atoms with Crippen LogP contribution in [0.15, 0.2) is 23.1 Å². The van der Waals surface area contributed by atoms with Crippen molar-refractivity contribution in [1.82, 2.24) is 24.8 Å². The molecule has 0 radical (unpaired) electrons. The normalized spacial score (nSPS) is 18.3. The largest absolute Gasteiger partial charge is 0.385 e. The van der Waals surface area contributed by atoms with Crippen molar-refractivity contribution in [2.24, 2.45) is 11.8 Å². The molecule has 3 rings (SSSR count). The number of nitrogens with zero attached hydrogens (tertiary/aromatic N) is 4. The molecule has 1 saturated heterocycles. The number of sulfonamides is 1. The average Bonchev–Trinajstić information content (AvgIpc) is 3.08. The van der Waals surface area contributed by atoms with E-state index in [1.807, 2.05) is 0 Å². The second kappa shape index (κ2) is 9.08. The predicted octanol–water partition coefficient (Wildman–Crippen LogP) is 1.44. The molecule has 1 N–H and O–H groups in total. The van der Waals surface area contributed by atoms with Gasteiger partial charge in [-0.25, -0.2) is 8.42 Å². The summed E-state index contributed by atoms with van der Waals surface area (Å²) >= 11 is 0. The molecule has 1 aliphatic rings. The van der Waals surface area contributed by atoms with Crippen molar-refractivity contribution in [1.29, 1.82) is 0 Å². The van der Waals surface area contributed by atoms with Crippen molar-refractivity contribution in [2.75, 3.05) is 26.2 Å². The standard InChI is InChI=1S/C19H29N5O4S/c1-14(2)8-9-20-19(25)13-28-24-18-11-16(6-7-17(18)21-22-24)29(26,27)23-10-4-5-15(3)12-23/h6-7,11,14-15H,4-5,8-10,12-13H2,1-3H3,(H,20,25)/t15-/m0/s1. The first-order valence-corrected chi connectivity index (χ1v) is 11.5. The van der Waals surface area contributed by atoms with Gasteiger partial charge in [0, 0.05) is 19.6 Å². The van der Waals surface area contributed by atoms with E-state index in [4.69, 9.17) is 4.84 Å². The van der Waals surface area contributed by atoms with E-state index < -0.39 is 10.0 Å². The van der Waals surface area contributed by atoms with Crippen LogP contribution in [0.2, 0.25) is 0 Å². The highest BCUT2D eigenvalue weighted by Crippen LogP contribution is 2.25. The molecule has 0 spiro atoms. The van der Waals surface area contributed by atoms with Crippen molar-refractivity contribution >= 4 is 27.0 Å². The molecule has 1 aliphatic heterocycles. The van der Waals surface area contributed by atoms with Crippen LogP contribution in [-0.2, 0) is 14.8 Å². The Hall–Kier alpha value is -2.20. The second-order valence-corrected chi connectivity index (χ2v) is 9.97. The van der Waals surface area contributed by atoms with Crippen molar-refractivity contribution in [3.05, 3.63) is 18.2 Å². The molecule has 1 aromatic heterocycles. The molecule has 0 unspecified atom stereocenters. The SMILES string of the molecule is CC(C)CCNC(=O)COn1nnc2ccc(S(=O)(=O)N3CCC[C@H](C)C3)cc21. The highest BCUT2D eigenvalue weighted by Gasteiger charge is 2.29. The van der Waals surface area contributed by atoms with Gasteiger partial charge in [-0.2, -0.15) is 4.31 Å². The van der Waals surface area contributed by atoms with Gasteiger partial charge >= 0.3 is 0 Å². The van der Waals surface area contributed by atoms with Crippen LogP contribution < -0.4 is 10.2 Å². The molecule has 1 fully saturated rings. The molecule has 29 heavy (non-hydrogen) atoms. The number of nitrogens with one attached hydrogen (secondary N) is 1. The van der Waals surface area contributed by atoms with Crippen LogP contribution in [0.1, 0.15) is 40.0 Å². The van der Waals surface area contributed by atoms with Crippen LogP contribution in [-0.4, -0.2) is 60.0 Å². The number of benzene rings is 1. The van der Waals surface area contributed by atoms with Gasteiger partial charge in [-0.15, -0.1) is 5.10 Å². The number of carbonyl (C=O) groups is 1. The second-order valence-electron chi connectivity index (χ2n) is 8.03. The summed E-state index contributed by atoms with van der Waals surface area (Å²) in [7, 11) is -3.60. The number of amides is 1. The zero-order valence-electron chi connectivity index (χ0n) is 17.2. The first kappa shape index (κ1) is 21.5. The van der Waals surface area contributed by atoms with Gasteiger partial charge in [0.2, 0.25) is 10.0 Å². The lowest BCUT2D eigenvalue weighted by atomic mass is 10.0. The van der Waals surface area contributed by atoms with E-state index in [-0.39, 0.29) is 17.4 Å². The Balaban J connectivity index is 1.72. The first-order valence-electron chi connectivity index (χ1n) is 10.0. The van der Waals surface area contributed by atoms with E-state index in [2.05, 4.69) is 36.4 Å². The van der Waals surface area contributed by atoms with Crippen LogP contribution in [0.25, 0.3) is 11.0 Å². The Morgan fingerprint density at radius 2 is 2.17 bits per heavy atom. The van der Waals surface area contributed by atoms with Crippen LogP contribution in [0.4, 0.5) is 0 Å². The summed E-state index contributed by atoms with van der Waals surface area (Å²) in [6.07, 6.45) is 2.78. The molecule has 2 heterocycles. The monoisotopic (exact) mass is 423 g/mol. The van der Waals surface area contributed by atoms with Crippen molar-refractivity contribution in [3.63, 3.8) is 0 Å².